The van der Waals surface area contributed by atoms with Gasteiger partial charge in [-0.1, -0.05) is 78.3 Å². The van der Waals surface area contributed by atoms with Gasteiger partial charge in [0.2, 0.25) is 5.78 Å². The van der Waals surface area contributed by atoms with E-state index in [1.165, 1.54) is 12.1 Å². The van der Waals surface area contributed by atoms with E-state index < -0.39 is 29.7 Å². The third-order valence-corrected chi connectivity index (χ3v) is 6.10. The molecule has 1 heterocycles. The molecular weight excluding hydrogens is 478 g/mol. The van der Waals surface area contributed by atoms with Gasteiger partial charge >= 0.3 is 5.97 Å². The summed E-state index contributed by atoms with van der Waals surface area (Å²) in [5.74, 6) is -2.35. The highest BCUT2D eigenvalue weighted by atomic mass is 35.5. The van der Waals surface area contributed by atoms with Gasteiger partial charge < -0.3 is 4.74 Å². The molecule has 1 atom stereocenters. The number of benzene rings is 4. The van der Waals surface area contributed by atoms with Gasteiger partial charge in [0.15, 0.2) is 6.10 Å². The van der Waals surface area contributed by atoms with Gasteiger partial charge in [-0.3, -0.25) is 14.4 Å². The number of esters is 1. The van der Waals surface area contributed by atoms with Crippen LogP contribution < -0.4 is 4.90 Å². The standard InChI is InChI=1S/C29H18ClNO5/c30-20-16-14-19(15-17-20)26(25(32)18-8-2-1-3-9-18)36-29(35)23-12-6-7-13-24(23)31-27(33)21-10-4-5-11-22(21)28(31)34/h1-17,26H/t26-/m1/s1. The maximum atomic E-state index is 13.4. The molecule has 0 unspecified atom stereocenters. The minimum absolute atomic E-state index is 0.0215. The van der Waals surface area contributed by atoms with Crippen molar-refractivity contribution >= 4 is 40.9 Å². The number of carbonyl (C=O) groups is 4. The van der Waals surface area contributed by atoms with Gasteiger partial charge in [-0.25, -0.2) is 9.69 Å². The molecule has 0 saturated heterocycles. The van der Waals surface area contributed by atoms with Crippen LogP contribution in [0.4, 0.5) is 5.69 Å². The Labute approximate surface area is 211 Å². The molecule has 1 aliphatic heterocycles. The molecule has 4 aromatic rings. The van der Waals surface area contributed by atoms with Crippen LogP contribution in [-0.4, -0.2) is 23.6 Å². The highest BCUT2D eigenvalue weighted by Crippen LogP contribution is 2.33. The van der Waals surface area contributed by atoms with Crippen molar-refractivity contribution in [1.29, 1.82) is 0 Å². The van der Waals surface area contributed by atoms with Gasteiger partial charge in [0, 0.05) is 16.1 Å². The number of amides is 2. The van der Waals surface area contributed by atoms with Gasteiger partial charge in [-0.05, 0) is 36.4 Å². The predicted octanol–water partition coefficient (Wildman–Crippen LogP) is 5.92. The van der Waals surface area contributed by atoms with E-state index in [-0.39, 0.29) is 22.4 Å². The third kappa shape index (κ3) is 4.19. The SMILES string of the molecule is O=C(O[C@@H](C(=O)c1ccccc1)c1ccc(Cl)cc1)c1ccccc1N1C(=O)c2ccccc2C1=O. The highest BCUT2D eigenvalue weighted by molar-refractivity contribution is 6.35. The van der Waals surface area contributed by atoms with Crippen molar-refractivity contribution in [3.05, 3.63) is 136 Å². The number of fused-ring (bicyclic) bond motifs is 1. The van der Waals surface area contributed by atoms with Crippen molar-refractivity contribution in [1.82, 2.24) is 0 Å². The number of hydrogen-bond acceptors (Lipinski definition) is 5. The Morgan fingerprint density at radius 3 is 1.89 bits per heavy atom. The molecular formula is C29H18ClNO5. The van der Waals surface area contributed by atoms with E-state index in [2.05, 4.69) is 0 Å². The molecule has 0 spiro atoms. The number of rotatable bonds is 6. The summed E-state index contributed by atoms with van der Waals surface area (Å²) in [6.07, 6.45) is -1.27. The molecule has 1 aliphatic rings. The first-order chi connectivity index (χ1) is 17.5. The second kappa shape index (κ2) is 9.60. The molecule has 0 N–H and O–H groups in total. The van der Waals surface area contributed by atoms with Crippen molar-refractivity contribution < 1.29 is 23.9 Å². The summed E-state index contributed by atoms with van der Waals surface area (Å²) in [7, 11) is 0. The fourth-order valence-corrected chi connectivity index (χ4v) is 4.21. The molecule has 0 aromatic heterocycles. The topological polar surface area (TPSA) is 80.8 Å². The Bertz CT molecular complexity index is 1460. The number of Topliss-reactive ketones (excluding diaryl/α,β-unsaturated/α-hetero) is 1. The quantitative estimate of drug-likeness (QED) is 0.188. The lowest BCUT2D eigenvalue weighted by atomic mass is 9.99. The number of hydrogen-bond donors (Lipinski definition) is 0. The lowest BCUT2D eigenvalue weighted by molar-refractivity contribution is 0.0281. The summed E-state index contributed by atoms with van der Waals surface area (Å²) < 4.78 is 5.75. The van der Waals surface area contributed by atoms with E-state index in [1.807, 2.05) is 0 Å². The Hall–Kier alpha value is -4.55. The van der Waals surface area contributed by atoms with Crippen LogP contribution >= 0.6 is 11.6 Å². The van der Waals surface area contributed by atoms with Gasteiger partial charge in [0.1, 0.15) is 0 Å². The van der Waals surface area contributed by atoms with Gasteiger partial charge in [-0.15, -0.1) is 0 Å². The van der Waals surface area contributed by atoms with E-state index in [1.54, 1.807) is 91.0 Å². The van der Waals surface area contributed by atoms with Gasteiger partial charge in [0.25, 0.3) is 11.8 Å². The summed E-state index contributed by atoms with van der Waals surface area (Å²) in [5, 5.41) is 0.465. The fraction of sp³-hybridized carbons (Fsp3) is 0.0345. The number of anilines is 1. The Kier molecular flexibility index (Phi) is 6.19. The molecule has 2 amide bonds. The first-order valence-corrected chi connectivity index (χ1v) is 11.5. The molecule has 0 radical (unpaired) electrons. The number of imide groups is 1. The van der Waals surface area contributed by atoms with E-state index in [4.69, 9.17) is 16.3 Å². The Morgan fingerprint density at radius 1 is 0.694 bits per heavy atom. The molecule has 36 heavy (non-hydrogen) atoms. The lowest BCUT2D eigenvalue weighted by Crippen LogP contribution is -2.31. The van der Waals surface area contributed by atoms with Crippen molar-refractivity contribution in [3.8, 4) is 0 Å². The molecule has 5 rings (SSSR count). The average Bonchev–Trinajstić information content (AvgIpc) is 3.17. The first-order valence-electron chi connectivity index (χ1n) is 11.1. The number of halogens is 1. The molecule has 7 heteroatoms. The number of ether oxygens (including phenoxy) is 1. The molecule has 0 saturated carbocycles. The summed E-state index contributed by atoms with van der Waals surface area (Å²) in [6, 6.07) is 27.5. The van der Waals surface area contributed by atoms with Crippen LogP contribution in [0.25, 0.3) is 0 Å². The van der Waals surface area contributed by atoms with E-state index in [9.17, 15) is 19.2 Å². The van der Waals surface area contributed by atoms with Crippen LogP contribution in [0.5, 0.6) is 0 Å². The first kappa shape index (κ1) is 23.2. The molecule has 0 aliphatic carbocycles. The van der Waals surface area contributed by atoms with Crippen molar-refractivity contribution in [2.24, 2.45) is 0 Å². The molecule has 4 aromatic carbocycles. The molecule has 0 fully saturated rings. The summed E-state index contributed by atoms with van der Waals surface area (Å²) >= 11 is 6.01. The maximum absolute atomic E-state index is 13.4. The number of carbonyl (C=O) groups excluding carboxylic acids is 4. The van der Waals surface area contributed by atoms with Gasteiger partial charge in [0.05, 0.1) is 22.4 Å². The second-order valence-electron chi connectivity index (χ2n) is 8.08. The molecule has 6 nitrogen and oxygen atoms in total. The van der Waals surface area contributed by atoms with Gasteiger partial charge in [-0.2, -0.15) is 0 Å². The summed E-state index contributed by atoms with van der Waals surface area (Å²) in [4.78, 5) is 53.8. The fourth-order valence-electron chi connectivity index (χ4n) is 4.08. The maximum Gasteiger partial charge on any atom is 0.341 e. The minimum atomic E-state index is -1.27. The van der Waals surface area contributed by atoms with E-state index in [0.717, 1.165) is 4.90 Å². The average molecular weight is 496 g/mol. The largest absolute Gasteiger partial charge is 0.445 e. The van der Waals surface area contributed by atoms with Crippen LogP contribution in [0.1, 0.15) is 53.1 Å². The summed E-state index contributed by atoms with van der Waals surface area (Å²) in [5.41, 5.74) is 1.36. The third-order valence-electron chi connectivity index (χ3n) is 5.85. The Balaban J connectivity index is 1.51. The van der Waals surface area contributed by atoms with Crippen LogP contribution in [-0.2, 0) is 4.74 Å². The van der Waals surface area contributed by atoms with Crippen molar-refractivity contribution in [2.45, 2.75) is 6.10 Å². The van der Waals surface area contributed by atoms with Crippen LogP contribution in [0, 0.1) is 0 Å². The zero-order valence-electron chi connectivity index (χ0n) is 18.8. The van der Waals surface area contributed by atoms with E-state index in [0.29, 0.717) is 16.1 Å². The minimum Gasteiger partial charge on any atom is -0.445 e. The van der Waals surface area contributed by atoms with E-state index >= 15 is 0 Å². The lowest BCUT2D eigenvalue weighted by Gasteiger charge is -2.21. The van der Waals surface area contributed by atoms with Crippen LogP contribution in [0.3, 0.4) is 0 Å². The number of ketones is 1. The molecule has 176 valence electrons. The zero-order valence-corrected chi connectivity index (χ0v) is 19.5. The smallest absolute Gasteiger partial charge is 0.341 e. The monoisotopic (exact) mass is 495 g/mol. The predicted molar refractivity (Wildman–Crippen MR) is 134 cm³/mol. The molecule has 0 bridgehead atoms. The Morgan fingerprint density at radius 2 is 1.25 bits per heavy atom. The zero-order chi connectivity index (χ0) is 25.2. The van der Waals surface area contributed by atoms with Crippen LogP contribution in [0.15, 0.2) is 103 Å². The van der Waals surface area contributed by atoms with Crippen molar-refractivity contribution in [3.63, 3.8) is 0 Å². The van der Waals surface area contributed by atoms with Crippen molar-refractivity contribution in [2.75, 3.05) is 4.90 Å². The normalized spacial score (nSPS) is 13.3. The highest BCUT2D eigenvalue weighted by Gasteiger charge is 2.38. The van der Waals surface area contributed by atoms with Crippen LogP contribution in [0.2, 0.25) is 5.02 Å². The second-order valence-corrected chi connectivity index (χ2v) is 8.51. The number of nitrogens with zero attached hydrogens (tertiary/aromatic N) is 1. The summed E-state index contributed by atoms with van der Waals surface area (Å²) in [6.45, 7) is 0. The number of para-hydroxylation sites is 1.